The van der Waals surface area contributed by atoms with Crippen LogP contribution in [-0.2, 0) is 26.8 Å². The van der Waals surface area contributed by atoms with Gasteiger partial charge in [0.15, 0.2) is 6.79 Å². The Kier molecular flexibility index (Phi) is 10.0. The topological polar surface area (TPSA) is 127 Å². The first kappa shape index (κ1) is 30.5. The average Bonchev–Trinajstić information content (AvgIpc) is 2.97. The van der Waals surface area contributed by atoms with E-state index in [1.54, 1.807) is 61.6 Å². The number of ether oxygens (including phenoxy) is 4. The highest BCUT2D eigenvalue weighted by molar-refractivity contribution is 6.59. The molecule has 4 rings (SSSR count). The molecule has 2 aliphatic rings. The van der Waals surface area contributed by atoms with Crippen molar-refractivity contribution in [2.75, 3.05) is 46.8 Å². The second kappa shape index (κ2) is 13.5. The molecule has 1 atom stereocenters. The number of aliphatic hydroxyl groups is 1. The molecule has 221 valence electrons. The minimum absolute atomic E-state index is 0.0365. The molecule has 0 aromatic heterocycles. The Morgan fingerprint density at radius 2 is 1.73 bits per heavy atom. The summed E-state index contributed by atoms with van der Waals surface area (Å²) < 4.78 is 23.1. The number of rotatable bonds is 8. The Morgan fingerprint density at radius 1 is 1.05 bits per heavy atom. The molecule has 0 spiro atoms. The number of carbonyl (C=O) groups is 3. The van der Waals surface area contributed by atoms with Crippen molar-refractivity contribution in [1.29, 1.82) is 0 Å². The molecule has 2 N–H and O–H groups in total. The van der Waals surface area contributed by atoms with E-state index < -0.39 is 26.4 Å². The van der Waals surface area contributed by atoms with Gasteiger partial charge in [0.1, 0.15) is 11.4 Å². The molecule has 1 radical (unpaired) electrons. The predicted octanol–water partition coefficient (Wildman–Crippen LogP) is 2.30. The van der Waals surface area contributed by atoms with Gasteiger partial charge in [-0.05, 0) is 74.3 Å². The average molecular weight is 585 g/mol. The summed E-state index contributed by atoms with van der Waals surface area (Å²) in [4.78, 5) is 40.5. The van der Waals surface area contributed by atoms with Crippen molar-refractivity contribution in [3.05, 3.63) is 64.7 Å². The van der Waals surface area contributed by atoms with Crippen molar-refractivity contribution in [2.45, 2.75) is 44.7 Å². The molecule has 0 unspecified atom stereocenters. The summed E-state index contributed by atoms with van der Waals surface area (Å²) in [5.74, 6) is 0.144. The maximum atomic E-state index is 13.2. The number of aliphatic hydroxyl groups excluding tert-OH is 1. The van der Waals surface area contributed by atoms with Crippen LogP contribution < -0.4 is 10.1 Å². The fraction of sp³-hybridized carbons (Fsp3) is 0.483. The van der Waals surface area contributed by atoms with E-state index in [1.165, 1.54) is 0 Å². The first-order valence-corrected chi connectivity index (χ1v) is 15.3. The number of carbonyl (C=O) groups excluding carboxylic acids is 3. The number of amides is 3. The molecule has 0 aliphatic carbocycles. The SMILES string of the molecule is COCOc1ccc2c(c1)CN(C(=O)OC(C)(C)C)[Si]([C@H](O)CNC(=O)c1ccc(C(=O)N3CCOCC3)cc1)C2. The zero-order valence-electron chi connectivity index (χ0n) is 24.0. The van der Waals surface area contributed by atoms with Crippen LogP contribution >= 0.6 is 0 Å². The molecule has 1 fully saturated rings. The van der Waals surface area contributed by atoms with E-state index in [-0.39, 0.29) is 31.7 Å². The van der Waals surface area contributed by atoms with E-state index in [0.717, 1.165) is 11.1 Å². The third kappa shape index (κ3) is 8.06. The smallest absolute Gasteiger partial charge is 0.402 e. The number of nitrogens with one attached hydrogen (secondary N) is 1. The normalized spacial score (nSPS) is 16.5. The molecule has 41 heavy (non-hydrogen) atoms. The van der Waals surface area contributed by atoms with Gasteiger partial charge in [0.25, 0.3) is 11.8 Å². The molecular formula is C29H38N3O8Si. The van der Waals surface area contributed by atoms with Gasteiger partial charge in [-0.15, -0.1) is 0 Å². The summed E-state index contributed by atoms with van der Waals surface area (Å²) in [6.45, 7) is 7.81. The van der Waals surface area contributed by atoms with Crippen LogP contribution in [-0.4, -0.2) is 99.5 Å². The first-order chi connectivity index (χ1) is 19.6. The van der Waals surface area contributed by atoms with Gasteiger partial charge in [-0.3, -0.25) is 9.59 Å². The molecule has 1 saturated heterocycles. The molecule has 3 amide bonds. The Labute approximate surface area is 242 Å². The van der Waals surface area contributed by atoms with Crippen LogP contribution in [0, 0.1) is 0 Å². The van der Waals surface area contributed by atoms with Gasteiger partial charge in [-0.1, -0.05) is 6.07 Å². The van der Waals surface area contributed by atoms with Crippen molar-refractivity contribution in [3.8, 4) is 5.75 Å². The molecule has 11 nitrogen and oxygen atoms in total. The summed E-state index contributed by atoms with van der Waals surface area (Å²) in [7, 11) is -0.367. The number of hydrogen-bond donors (Lipinski definition) is 2. The molecular weight excluding hydrogens is 546 g/mol. The van der Waals surface area contributed by atoms with Crippen molar-refractivity contribution in [2.24, 2.45) is 0 Å². The van der Waals surface area contributed by atoms with Crippen LogP contribution in [0.3, 0.4) is 0 Å². The Hall–Kier alpha value is -3.45. The molecule has 0 saturated carbocycles. The summed E-state index contributed by atoms with van der Waals surface area (Å²) in [5, 5.41) is 14.0. The Bertz CT molecular complexity index is 1230. The summed E-state index contributed by atoms with van der Waals surface area (Å²) in [6, 6.07) is 12.6. The highest BCUT2D eigenvalue weighted by atomic mass is 28.3. The number of methoxy groups -OCH3 is 1. The van der Waals surface area contributed by atoms with Crippen molar-refractivity contribution in [1.82, 2.24) is 14.8 Å². The molecule has 2 aromatic carbocycles. The van der Waals surface area contributed by atoms with Crippen LogP contribution in [0.2, 0.25) is 0 Å². The first-order valence-electron chi connectivity index (χ1n) is 13.6. The minimum Gasteiger partial charge on any atom is -0.468 e. The summed E-state index contributed by atoms with van der Waals surface area (Å²) >= 11 is 0. The van der Waals surface area contributed by atoms with Gasteiger partial charge in [0, 0.05) is 44.4 Å². The number of benzene rings is 2. The maximum absolute atomic E-state index is 13.2. The van der Waals surface area contributed by atoms with Gasteiger partial charge >= 0.3 is 6.09 Å². The van der Waals surface area contributed by atoms with E-state index in [9.17, 15) is 19.5 Å². The Morgan fingerprint density at radius 3 is 2.39 bits per heavy atom. The van der Waals surface area contributed by atoms with Crippen LogP contribution in [0.5, 0.6) is 5.75 Å². The number of hydrogen-bond acceptors (Lipinski definition) is 8. The highest BCUT2D eigenvalue weighted by Crippen LogP contribution is 2.28. The lowest BCUT2D eigenvalue weighted by Gasteiger charge is -2.38. The van der Waals surface area contributed by atoms with E-state index in [2.05, 4.69) is 5.32 Å². The lowest BCUT2D eigenvalue weighted by atomic mass is 10.1. The van der Waals surface area contributed by atoms with E-state index in [0.29, 0.717) is 49.2 Å². The van der Waals surface area contributed by atoms with E-state index >= 15 is 0 Å². The van der Waals surface area contributed by atoms with Gasteiger partial charge in [-0.2, -0.15) is 0 Å². The highest BCUT2D eigenvalue weighted by Gasteiger charge is 2.39. The standard InChI is InChI=1S/C29H38N3O8Si/c1-29(2,3)40-28(36)32-17-23-15-24(39-19-37-4)10-9-22(23)18-41(32)25(33)16-30-26(34)20-5-7-21(8-6-20)27(35)31-11-13-38-14-12-31/h5-10,15,25,33H,11-14,16-19H2,1-4H3,(H,30,34)/t25-/m0/s1. The molecule has 2 aromatic rings. The zero-order chi connectivity index (χ0) is 29.6. The third-order valence-corrected chi connectivity index (χ3v) is 9.47. The van der Waals surface area contributed by atoms with Crippen LogP contribution in [0.25, 0.3) is 0 Å². The maximum Gasteiger partial charge on any atom is 0.402 e. The van der Waals surface area contributed by atoms with Gasteiger partial charge in [-0.25, -0.2) is 4.79 Å². The molecule has 2 aliphatic heterocycles. The summed E-state index contributed by atoms with van der Waals surface area (Å²) in [5.41, 5.74) is 1.11. The number of nitrogens with zero attached hydrogens (tertiary/aromatic N) is 2. The van der Waals surface area contributed by atoms with Crippen LogP contribution in [0.4, 0.5) is 4.79 Å². The van der Waals surface area contributed by atoms with Gasteiger partial charge < -0.3 is 38.8 Å². The molecule has 12 heteroatoms. The molecule has 0 bridgehead atoms. The van der Waals surface area contributed by atoms with Crippen LogP contribution in [0.1, 0.15) is 52.6 Å². The van der Waals surface area contributed by atoms with E-state index in [1.807, 2.05) is 18.2 Å². The fourth-order valence-corrected chi connectivity index (χ4v) is 7.13. The summed E-state index contributed by atoms with van der Waals surface area (Å²) in [6.07, 6.45) is -0.508. The predicted molar refractivity (Wildman–Crippen MR) is 152 cm³/mol. The minimum atomic E-state index is -1.91. The zero-order valence-corrected chi connectivity index (χ0v) is 25.0. The quantitative estimate of drug-likeness (QED) is 0.358. The second-order valence-corrected chi connectivity index (χ2v) is 13.5. The lowest BCUT2D eigenvalue weighted by molar-refractivity contribution is 0.0302. The van der Waals surface area contributed by atoms with Crippen molar-refractivity contribution < 1.29 is 38.4 Å². The Balaban J connectivity index is 1.42. The van der Waals surface area contributed by atoms with Crippen LogP contribution in [0.15, 0.2) is 42.5 Å². The van der Waals surface area contributed by atoms with Crippen molar-refractivity contribution in [3.63, 3.8) is 0 Å². The number of fused-ring (bicyclic) bond motifs is 1. The van der Waals surface area contributed by atoms with Gasteiger partial charge in [0.05, 0.1) is 18.9 Å². The van der Waals surface area contributed by atoms with Gasteiger partial charge in [0.2, 0.25) is 8.96 Å². The largest absolute Gasteiger partial charge is 0.468 e. The van der Waals surface area contributed by atoms with E-state index in [4.69, 9.17) is 18.9 Å². The number of morpholine rings is 1. The van der Waals surface area contributed by atoms with Crippen molar-refractivity contribution >= 4 is 26.9 Å². The molecule has 2 heterocycles. The third-order valence-electron chi connectivity index (χ3n) is 6.71. The second-order valence-electron chi connectivity index (χ2n) is 10.9. The fourth-order valence-electron chi connectivity index (χ4n) is 4.62. The lowest BCUT2D eigenvalue weighted by Crippen LogP contribution is -2.58. The monoisotopic (exact) mass is 584 g/mol.